The van der Waals surface area contributed by atoms with Gasteiger partial charge >= 0.3 is 0 Å². The normalized spacial score (nSPS) is 12.1. The zero-order valence-electron chi connectivity index (χ0n) is 13.9. The molecule has 0 aliphatic rings. The van der Waals surface area contributed by atoms with E-state index in [0.29, 0.717) is 28.4 Å². The topological polar surface area (TPSA) is 80.5 Å². The smallest absolute Gasteiger partial charge is 0.237 e. The molecule has 0 saturated heterocycles. The van der Waals surface area contributed by atoms with Crippen LogP contribution in [0, 0.1) is 0 Å². The molecule has 0 bridgehead atoms. The van der Waals surface area contributed by atoms with Gasteiger partial charge in [-0.25, -0.2) is 4.98 Å². The fourth-order valence-corrected chi connectivity index (χ4v) is 2.52. The lowest BCUT2D eigenvalue weighted by Gasteiger charge is -2.10. The number of nitrogens with one attached hydrogen (secondary N) is 1. The molecule has 3 aromatic rings. The summed E-state index contributed by atoms with van der Waals surface area (Å²) < 4.78 is 5.26. The van der Waals surface area contributed by atoms with Crippen molar-refractivity contribution in [1.82, 2.24) is 25.3 Å². The first-order valence-corrected chi connectivity index (χ1v) is 8.61. The highest BCUT2D eigenvalue weighted by atomic mass is 32.2. The van der Waals surface area contributed by atoms with Crippen LogP contribution in [0.4, 0.5) is 0 Å². The first kappa shape index (κ1) is 16.4. The van der Waals surface area contributed by atoms with E-state index in [1.165, 1.54) is 11.8 Å². The Morgan fingerprint density at radius 1 is 1.12 bits per heavy atom. The Bertz CT molecular complexity index is 817. The number of aromatic amines is 1. The second-order valence-corrected chi connectivity index (χ2v) is 7.24. The molecule has 2 heterocycles. The van der Waals surface area contributed by atoms with Crippen LogP contribution in [-0.2, 0) is 11.2 Å². The lowest BCUT2D eigenvalue weighted by atomic mass is 9.96. The SMILES string of the molecule is CC(C)(C)c1noc(CSc2n[nH]c(/C=C/c3ccccc3)n2)n1. The van der Waals surface area contributed by atoms with Crippen molar-refractivity contribution in [2.24, 2.45) is 0 Å². The third-order valence-corrected chi connectivity index (χ3v) is 4.01. The van der Waals surface area contributed by atoms with Crippen LogP contribution in [0.25, 0.3) is 12.2 Å². The Labute approximate surface area is 144 Å². The molecule has 0 radical (unpaired) electrons. The summed E-state index contributed by atoms with van der Waals surface area (Å²) in [5.74, 6) is 2.54. The first-order chi connectivity index (χ1) is 11.5. The van der Waals surface area contributed by atoms with Crippen molar-refractivity contribution in [3.05, 3.63) is 53.4 Å². The number of hydrogen-bond donors (Lipinski definition) is 1. The van der Waals surface area contributed by atoms with Gasteiger partial charge in [0.25, 0.3) is 0 Å². The van der Waals surface area contributed by atoms with Gasteiger partial charge in [-0.05, 0) is 11.6 Å². The van der Waals surface area contributed by atoms with Crippen LogP contribution < -0.4 is 0 Å². The maximum Gasteiger partial charge on any atom is 0.237 e. The number of thioether (sulfide) groups is 1. The first-order valence-electron chi connectivity index (χ1n) is 7.62. The monoisotopic (exact) mass is 341 g/mol. The van der Waals surface area contributed by atoms with Gasteiger partial charge in [-0.3, -0.25) is 5.10 Å². The molecule has 0 aliphatic carbocycles. The van der Waals surface area contributed by atoms with Gasteiger partial charge in [-0.1, -0.05) is 74.1 Å². The Morgan fingerprint density at radius 3 is 2.62 bits per heavy atom. The molecule has 0 fully saturated rings. The summed E-state index contributed by atoms with van der Waals surface area (Å²) in [4.78, 5) is 8.82. The van der Waals surface area contributed by atoms with E-state index >= 15 is 0 Å². The summed E-state index contributed by atoms with van der Waals surface area (Å²) in [5.41, 5.74) is 0.996. The molecule has 2 aromatic heterocycles. The molecular formula is C17H19N5OS. The van der Waals surface area contributed by atoms with Crippen LogP contribution in [0.15, 0.2) is 40.0 Å². The third-order valence-electron chi connectivity index (χ3n) is 3.18. The van der Waals surface area contributed by atoms with E-state index in [2.05, 4.69) is 46.1 Å². The van der Waals surface area contributed by atoms with Crippen molar-refractivity contribution in [2.45, 2.75) is 37.1 Å². The number of hydrogen-bond acceptors (Lipinski definition) is 6. The van der Waals surface area contributed by atoms with Crippen molar-refractivity contribution in [3.63, 3.8) is 0 Å². The highest BCUT2D eigenvalue weighted by Crippen LogP contribution is 2.22. The molecule has 0 aliphatic heterocycles. The van der Waals surface area contributed by atoms with Crippen LogP contribution in [0.2, 0.25) is 0 Å². The van der Waals surface area contributed by atoms with Gasteiger partial charge in [0.15, 0.2) is 5.82 Å². The fraction of sp³-hybridized carbons (Fsp3) is 0.294. The summed E-state index contributed by atoms with van der Waals surface area (Å²) >= 11 is 1.46. The summed E-state index contributed by atoms with van der Waals surface area (Å²) in [6.07, 6.45) is 3.89. The van der Waals surface area contributed by atoms with Gasteiger partial charge < -0.3 is 4.52 Å². The zero-order chi connectivity index (χ0) is 17.0. The molecule has 0 atom stereocenters. The largest absolute Gasteiger partial charge is 0.338 e. The predicted octanol–water partition coefficient (Wildman–Crippen LogP) is 3.95. The van der Waals surface area contributed by atoms with E-state index in [1.54, 1.807) is 0 Å². The van der Waals surface area contributed by atoms with Crippen molar-refractivity contribution >= 4 is 23.9 Å². The van der Waals surface area contributed by atoms with Gasteiger partial charge in [0.1, 0.15) is 5.82 Å². The summed E-state index contributed by atoms with van der Waals surface area (Å²) in [6, 6.07) is 10.0. The number of aromatic nitrogens is 5. The molecule has 1 N–H and O–H groups in total. The number of H-pyrrole nitrogens is 1. The molecule has 0 saturated carbocycles. The fourth-order valence-electron chi connectivity index (χ4n) is 1.88. The van der Waals surface area contributed by atoms with Gasteiger partial charge in [0.2, 0.25) is 11.0 Å². The van der Waals surface area contributed by atoms with E-state index in [9.17, 15) is 0 Å². The molecular weight excluding hydrogens is 322 g/mol. The minimum atomic E-state index is -0.119. The van der Waals surface area contributed by atoms with Crippen LogP contribution in [0.5, 0.6) is 0 Å². The van der Waals surface area contributed by atoms with Gasteiger partial charge in [-0.2, -0.15) is 4.98 Å². The average molecular weight is 341 g/mol. The lowest BCUT2D eigenvalue weighted by Crippen LogP contribution is -2.13. The number of benzene rings is 1. The molecule has 0 spiro atoms. The predicted molar refractivity (Wildman–Crippen MR) is 94.3 cm³/mol. The second-order valence-electron chi connectivity index (χ2n) is 6.30. The quantitative estimate of drug-likeness (QED) is 0.708. The number of nitrogens with zero attached hydrogens (tertiary/aromatic N) is 4. The molecule has 1 aromatic carbocycles. The van der Waals surface area contributed by atoms with Crippen LogP contribution in [0.3, 0.4) is 0 Å². The molecule has 0 amide bonds. The summed E-state index contributed by atoms with van der Waals surface area (Å²) in [7, 11) is 0. The van der Waals surface area contributed by atoms with E-state index in [0.717, 1.165) is 5.56 Å². The maximum absolute atomic E-state index is 5.26. The van der Waals surface area contributed by atoms with Crippen LogP contribution in [-0.4, -0.2) is 25.3 Å². The summed E-state index contributed by atoms with van der Waals surface area (Å²) in [5, 5.41) is 11.8. The summed E-state index contributed by atoms with van der Waals surface area (Å²) in [6.45, 7) is 6.15. The molecule has 24 heavy (non-hydrogen) atoms. The Hall–Kier alpha value is -2.41. The second kappa shape index (κ2) is 7.00. The average Bonchev–Trinajstić information content (AvgIpc) is 3.21. The maximum atomic E-state index is 5.26. The van der Waals surface area contributed by atoms with Crippen molar-refractivity contribution in [2.75, 3.05) is 0 Å². The molecule has 0 unspecified atom stereocenters. The Morgan fingerprint density at radius 2 is 1.92 bits per heavy atom. The van der Waals surface area contributed by atoms with E-state index in [4.69, 9.17) is 4.52 Å². The minimum Gasteiger partial charge on any atom is -0.338 e. The molecule has 6 nitrogen and oxygen atoms in total. The third kappa shape index (κ3) is 4.32. The molecule has 124 valence electrons. The minimum absolute atomic E-state index is 0.119. The zero-order valence-corrected chi connectivity index (χ0v) is 14.7. The Balaban J connectivity index is 1.58. The van der Waals surface area contributed by atoms with Crippen LogP contribution in [0.1, 0.15) is 43.9 Å². The highest BCUT2D eigenvalue weighted by molar-refractivity contribution is 7.98. The van der Waals surface area contributed by atoms with Gasteiger partial charge in [-0.15, -0.1) is 5.10 Å². The van der Waals surface area contributed by atoms with Gasteiger partial charge in [0.05, 0.1) is 5.75 Å². The standard InChI is InChI=1S/C17H19N5OS/c1-17(2,3)15-19-14(23-22-15)11-24-16-18-13(20-21-16)10-9-12-7-5-4-6-8-12/h4-10H,11H2,1-3H3,(H,18,20,21)/b10-9+. The Kier molecular flexibility index (Phi) is 4.80. The van der Waals surface area contributed by atoms with Crippen molar-refractivity contribution in [3.8, 4) is 0 Å². The van der Waals surface area contributed by atoms with E-state index in [1.807, 2.05) is 42.5 Å². The molecule has 7 heteroatoms. The molecule has 3 rings (SSSR count). The van der Waals surface area contributed by atoms with E-state index < -0.39 is 0 Å². The number of rotatable bonds is 5. The van der Waals surface area contributed by atoms with Crippen LogP contribution >= 0.6 is 11.8 Å². The van der Waals surface area contributed by atoms with Crippen molar-refractivity contribution < 1.29 is 4.52 Å². The lowest BCUT2D eigenvalue weighted by molar-refractivity contribution is 0.373. The van der Waals surface area contributed by atoms with Crippen molar-refractivity contribution in [1.29, 1.82) is 0 Å². The van der Waals surface area contributed by atoms with E-state index in [-0.39, 0.29) is 5.41 Å². The van der Waals surface area contributed by atoms with Gasteiger partial charge in [0, 0.05) is 5.41 Å². The highest BCUT2D eigenvalue weighted by Gasteiger charge is 2.21.